The second-order valence-corrected chi connectivity index (χ2v) is 3.37. The van der Waals surface area contributed by atoms with Crippen molar-refractivity contribution in [2.24, 2.45) is 5.73 Å². The molecule has 0 amide bonds. The van der Waals surface area contributed by atoms with Crippen LogP contribution < -0.4 is 10.6 Å². The van der Waals surface area contributed by atoms with Gasteiger partial charge in [0.2, 0.25) is 0 Å². The van der Waals surface area contributed by atoms with Gasteiger partial charge in [0.25, 0.3) is 0 Å². The number of rotatable bonds is 5. The number of aromatic nitrogens is 2. The van der Waals surface area contributed by atoms with Crippen LogP contribution in [0, 0.1) is 0 Å². The fourth-order valence-electron chi connectivity index (χ4n) is 1.21. The SMILES string of the molecule is CCOC(=O)[C@@H](N)Cc1cn(OC(C)=O)cn1. The lowest BCUT2D eigenvalue weighted by Crippen LogP contribution is -2.34. The first-order chi connectivity index (χ1) is 8.02. The van der Waals surface area contributed by atoms with Crippen molar-refractivity contribution < 1.29 is 19.2 Å². The number of esters is 1. The molecule has 0 spiro atoms. The van der Waals surface area contributed by atoms with Crippen molar-refractivity contribution in [1.82, 2.24) is 9.71 Å². The third-order valence-electron chi connectivity index (χ3n) is 1.87. The fourth-order valence-corrected chi connectivity index (χ4v) is 1.21. The molecule has 94 valence electrons. The number of carbonyl (C=O) groups is 2. The minimum atomic E-state index is -0.768. The molecular formula is C10H15N3O4. The zero-order valence-corrected chi connectivity index (χ0v) is 9.75. The Hall–Kier alpha value is -1.89. The first kappa shape index (κ1) is 13.2. The Labute approximate surface area is 98.5 Å². The summed E-state index contributed by atoms with van der Waals surface area (Å²) >= 11 is 0. The van der Waals surface area contributed by atoms with Crippen LogP contribution in [-0.2, 0) is 20.7 Å². The molecule has 2 N–H and O–H groups in total. The number of imidazole rings is 1. The standard InChI is InChI=1S/C10H15N3O4/c1-3-16-10(15)9(11)4-8-5-13(6-12-8)17-7(2)14/h5-6,9H,3-4,11H2,1-2H3/t9-/m0/s1. The molecule has 1 aromatic heterocycles. The Bertz CT molecular complexity index is 402. The third kappa shape index (κ3) is 4.23. The van der Waals surface area contributed by atoms with E-state index >= 15 is 0 Å². The number of hydrogen-bond acceptors (Lipinski definition) is 6. The van der Waals surface area contributed by atoms with Gasteiger partial charge in [0.15, 0.2) is 0 Å². The summed E-state index contributed by atoms with van der Waals surface area (Å²) in [6, 6.07) is -0.768. The first-order valence-electron chi connectivity index (χ1n) is 5.17. The third-order valence-corrected chi connectivity index (χ3v) is 1.87. The molecule has 0 fully saturated rings. The Morgan fingerprint density at radius 2 is 2.29 bits per heavy atom. The summed E-state index contributed by atoms with van der Waals surface area (Å²) in [5.41, 5.74) is 6.16. The number of carbonyl (C=O) groups excluding carboxylic acids is 2. The summed E-state index contributed by atoms with van der Waals surface area (Å²) in [4.78, 5) is 30.6. The van der Waals surface area contributed by atoms with Crippen LogP contribution in [0.15, 0.2) is 12.5 Å². The summed E-state index contributed by atoms with van der Waals surface area (Å²) in [5.74, 6) is -0.932. The summed E-state index contributed by atoms with van der Waals surface area (Å²) in [6.07, 6.45) is 3.04. The van der Waals surface area contributed by atoms with E-state index < -0.39 is 18.0 Å². The summed E-state index contributed by atoms with van der Waals surface area (Å²) < 4.78 is 5.93. The molecule has 0 aliphatic heterocycles. The Balaban J connectivity index is 2.54. The molecule has 1 aromatic rings. The highest BCUT2D eigenvalue weighted by molar-refractivity contribution is 5.75. The normalized spacial score (nSPS) is 11.9. The zero-order chi connectivity index (χ0) is 12.8. The Morgan fingerprint density at radius 3 is 2.88 bits per heavy atom. The van der Waals surface area contributed by atoms with Crippen molar-refractivity contribution in [3.05, 3.63) is 18.2 Å². The average Bonchev–Trinajstić information content (AvgIpc) is 2.64. The lowest BCUT2D eigenvalue weighted by Gasteiger charge is -2.08. The lowest BCUT2D eigenvalue weighted by molar-refractivity contribution is -0.145. The summed E-state index contributed by atoms with van der Waals surface area (Å²) in [7, 11) is 0. The van der Waals surface area contributed by atoms with Crippen molar-refractivity contribution in [2.45, 2.75) is 26.3 Å². The van der Waals surface area contributed by atoms with Crippen LogP contribution in [0.2, 0.25) is 0 Å². The van der Waals surface area contributed by atoms with Gasteiger partial charge in [-0.2, -0.15) is 4.73 Å². The first-order valence-corrected chi connectivity index (χ1v) is 5.17. The molecule has 7 heteroatoms. The van der Waals surface area contributed by atoms with Gasteiger partial charge < -0.3 is 15.3 Å². The zero-order valence-electron chi connectivity index (χ0n) is 9.75. The second-order valence-electron chi connectivity index (χ2n) is 3.37. The quantitative estimate of drug-likeness (QED) is 0.684. The topological polar surface area (TPSA) is 96.4 Å². The van der Waals surface area contributed by atoms with E-state index in [9.17, 15) is 9.59 Å². The van der Waals surface area contributed by atoms with Crippen molar-refractivity contribution >= 4 is 11.9 Å². The predicted molar refractivity (Wildman–Crippen MR) is 57.8 cm³/mol. The van der Waals surface area contributed by atoms with Gasteiger partial charge in [0.1, 0.15) is 12.4 Å². The molecule has 1 rings (SSSR count). The maximum Gasteiger partial charge on any atom is 0.329 e. The maximum absolute atomic E-state index is 11.3. The molecule has 0 saturated carbocycles. The number of ether oxygens (including phenoxy) is 1. The van der Waals surface area contributed by atoms with Crippen LogP contribution in [0.4, 0.5) is 0 Å². The van der Waals surface area contributed by atoms with E-state index in [4.69, 9.17) is 15.3 Å². The molecule has 1 atom stereocenters. The fraction of sp³-hybridized carbons (Fsp3) is 0.500. The molecule has 0 aliphatic carbocycles. The van der Waals surface area contributed by atoms with Crippen molar-refractivity contribution in [3.63, 3.8) is 0 Å². The summed E-state index contributed by atoms with van der Waals surface area (Å²) in [5, 5.41) is 0. The van der Waals surface area contributed by atoms with E-state index in [0.717, 1.165) is 4.73 Å². The molecule has 7 nitrogen and oxygen atoms in total. The van der Waals surface area contributed by atoms with E-state index in [1.165, 1.54) is 19.4 Å². The van der Waals surface area contributed by atoms with Crippen molar-refractivity contribution in [3.8, 4) is 0 Å². The Morgan fingerprint density at radius 1 is 1.59 bits per heavy atom. The minimum absolute atomic E-state index is 0.229. The van der Waals surface area contributed by atoms with E-state index in [1.54, 1.807) is 6.92 Å². The van der Waals surface area contributed by atoms with Gasteiger partial charge in [-0.25, -0.2) is 9.78 Å². The van der Waals surface area contributed by atoms with Crippen LogP contribution in [0.25, 0.3) is 0 Å². The predicted octanol–water partition coefficient (Wildman–Crippen LogP) is -0.709. The molecular weight excluding hydrogens is 226 g/mol. The molecule has 0 aliphatic rings. The number of nitrogens with zero attached hydrogens (tertiary/aromatic N) is 2. The van der Waals surface area contributed by atoms with Crippen LogP contribution in [-0.4, -0.2) is 34.3 Å². The van der Waals surface area contributed by atoms with Gasteiger partial charge in [-0.15, -0.1) is 0 Å². The molecule has 1 heterocycles. The maximum atomic E-state index is 11.3. The highest BCUT2D eigenvalue weighted by atomic mass is 16.7. The molecule has 17 heavy (non-hydrogen) atoms. The van der Waals surface area contributed by atoms with Crippen molar-refractivity contribution in [1.29, 1.82) is 0 Å². The van der Waals surface area contributed by atoms with Gasteiger partial charge in [0.05, 0.1) is 18.5 Å². The molecule has 0 saturated heterocycles. The van der Waals surface area contributed by atoms with Gasteiger partial charge in [0, 0.05) is 13.3 Å². The van der Waals surface area contributed by atoms with Crippen LogP contribution in [0.1, 0.15) is 19.5 Å². The molecule has 0 bridgehead atoms. The van der Waals surface area contributed by atoms with Gasteiger partial charge in [-0.3, -0.25) is 4.79 Å². The minimum Gasteiger partial charge on any atom is -0.465 e. The van der Waals surface area contributed by atoms with Gasteiger partial charge >= 0.3 is 11.9 Å². The van der Waals surface area contributed by atoms with E-state index in [-0.39, 0.29) is 13.0 Å². The monoisotopic (exact) mass is 241 g/mol. The second kappa shape index (κ2) is 6.00. The van der Waals surface area contributed by atoms with Crippen molar-refractivity contribution in [2.75, 3.05) is 6.61 Å². The average molecular weight is 241 g/mol. The lowest BCUT2D eigenvalue weighted by atomic mass is 10.2. The van der Waals surface area contributed by atoms with Crippen LogP contribution in [0.3, 0.4) is 0 Å². The number of nitrogens with two attached hydrogens (primary N) is 1. The van der Waals surface area contributed by atoms with E-state index in [0.29, 0.717) is 5.69 Å². The smallest absolute Gasteiger partial charge is 0.329 e. The molecule has 0 radical (unpaired) electrons. The summed E-state index contributed by atoms with van der Waals surface area (Å²) in [6.45, 7) is 3.28. The highest BCUT2D eigenvalue weighted by Crippen LogP contribution is 2.00. The van der Waals surface area contributed by atoms with Crippen LogP contribution >= 0.6 is 0 Å². The Kier molecular flexibility index (Phi) is 4.65. The van der Waals surface area contributed by atoms with E-state index in [2.05, 4.69) is 4.98 Å². The van der Waals surface area contributed by atoms with Crippen LogP contribution in [0.5, 0.6) is 0 Å². The van der Waals surface area contributed by atoms with Gasteiger partial charge in [-0.05, 0) is 6.92 Å². The molecule has 0 unspecified atom stereocenters. The van der Waals surface area contributed by atoms with E-state index in [1.807, 2.05) is 0 Å². The number of hydrogen-bond donors (Lipinski definition) is 1. The highest BCUT2D eigenvalue weighted by Gasteiger charge is 2.16. The van der Waals surface area contributed by atoms with Gasteiger partial charge in [-0.1, -0.05) is 0 Å². The largest absolute Gasteiger partial charge is 0.465 e. The molecule has 0 aromatic carbocycles.